The normalized spacial score (nSPS) is 14.2. The van der Waals surface area contributed by atoms with Crippen molar-refractivity contribution < 1.29 is 29.4 Å². The number of nitrogens with one attached hydrogen (secondary N) is 3. The monoisotopic (exact) mass is 520 g/mol. The van der Waals surface area contributed by atoms with E-state index in [0.29, 0.717) is 38.0 Å². The summed E-state index contributed by atoms with van der Waals surface area (Å²) in [6.45, 7) is -0.112. The predicted octanol–water partition coefficient (Wildman–Crippen LogP) is -3.22. The number of guanidine groups is 1. The van der Waals surface area contributed by atoms with Crippen molar-refractivity contribution in [2.45, 2.75) is 62.7 Å². The van der Waals surface area contributed by atoms with Crippen molar-refractivity contribution in [1.82, 2.24) is 16.0 Å². The number of aliphatic imine (C=N–C) groups is 1. The number of hydrogen-bond acceptors (Lipinski definition) is 9. The number of carboxylic acids is 1. The number of unbranched alkanes of at least 4 members (excludes halogenated alkanes) is 1. The van der Waals surface area contributed by atoms with Crippen molar-refractivity contribution >= 4 is 41.4 Å². The summed E-state index contributed by atoms with van der Waals surface area (Å²) in [4.78, 5) is 53.1. The summed E-state index contributed by atoms with van der Waals surface area (Å²) >= 11 is 1.41. The van der Waals surface area contributed by atoms with Crippen LogP contribution in [-0.2, 0) is 19.2 Å². The van der Waals surface area contributed by atoms with Gasteiger partial charge >= 0.3 is 5.97 Å². The fourth-order valence-electron chi connectivity index (χ4n) is 2.92. The molecule has 0 spiro atoms. The number of carbonyl (C=O) groups is 4. The van der Waals surface area contributed by atoms with E-state index in [1.165, 1.54) is 11.8 Å². The highest BCUT2D eigenvalue weighted by Gasteiger charge is 2.29. The summed E-state index contributed by atoms with van der Waals surface area (Å²) in [6, 6.07) is -4.55. The van der Waals surface area contributed by atoms with E-state index in [-0.39, 0.29) is 25.3 Å². The largest absolute Gasteiger partial charge is 0.480 e. The summed E-state index contributed by atoms with van der Waals surface area (Å²) in [5, 5.41) is 26.1. The van der Waals surface area contributed by atoms with E-state index in [2.05, 4.69) is 20.9 Å². The van der Waals surface area contributed by atoms with Gasteiger partial charge < -0.3 is 49.1 Å². The Morgan fingerprint density at radius 1 is 0.886 bits per heavy atom. The molecule has 14 nitrogen and oxygen atoms in total. The lowest BCUT2D eigenvalue weighted by atomic mass is 10.1. The Morgan fingerprint density at radius 2 is 1.49 bits per heavy atom. The third-order valence-electron chi connectivity index (χ3n) is 4.93. The van der Waals surface area contributed by atoms with Crippen LogP contribution in [0, 0.1) is 0 Å². The molecule has 4 unspecified atom stereocenters. The average molecular weight is 521 g/mol. The molecule has 15 heteroatoms. The maximum Gasteiger partial charge on any atom is 0.326 e. The number of nitrogens with two attached hydrogens (primary N) is 4. The summed E-state index contributed by atoms with van der Waals surface area (Å²) in [5.41, 5.74) is 21.9. The summed E-state index contributed by atoms with van der Waals surface area (Å²) in [5.74, 6) is -3.03. The number of thioether (sulfide) groups is 1. The number of aliphatic hydroxyl groups is 1. The van der Waals surface area contributed by atoms with Gasteiger partial charge in [-0.05, 0) is 50.7 Å². The molecule has 0 bridgehead atoms. The Labute approximate surface area is 209 Å². The van der Waals surface area contributed by atoms with E-state index >= 15 is 0 Å². The third kappa shape index (κ3) is 14.4. The van der Waals surface area contributed by atoms with Crippen LogP contribution in [0.15, 0.2) is 4.99 Å². The van der Waals surface area contributed by atoms with Gasteiger partial charge in [0, 0.05) is 6.54 Å². The Hall–Kier alpha value is -2.62. The van der Waals surface area contributed by atoms with Gasteiger partial charge in [-0.2, -0.15) is 11.8 Å². The molecule has 0 heterocycles. The Kier molecular flexibility index (Phi) is 17.3. The SMILES string of the molecule is CSCCC(NC(=O)C(CO)NC(=O)C(CCCN=C(N)N)NC(=O)C(N)CCCCN)C(=O)O. The van der Waals surface area contributed by atoms with Crippen molar-refractivity contribution in [1.29, 1.82) is 0 Å². The number of aliphatic hydroxyl groups excluding tert-OH is 1. The second-order valence-corrected chi connectivity index (χ2v) is 8.81. The van der Waals surface area contributed by atoms with Gasteiger partial charge in [0.05, 0.1) is 12.6 Å². The summed E-state index contributed by atoms with van der Waals surface area (Å²) in [7, 11) is 0. The molecule has 4 atom stereocenters. The lowest BCUT2D eigenvalue weighted by molar-refractivity contribution is -0.142. The second-order valence-electron chi connectivity index (χ2n) is 7.83. The van der Waals surface area contributed by atoms with Crippen molar-refractivity contribution in [3.8, 4) is 0 Å². The van der Waals surface area contributed by atoms with Crippen LogP contribution in [0.1, 0.15) is 38.5 Å². The minimum atomic E-state index is -1.42. The zero-order valence-corrected chi connectivity index (χ0v) is 20.9. The number of hydrogen-bond donors (Lipinski definition) is 9. The second kappa shape index (κ2) is 18.7. The third-order valence-corrected chi connectivity index (χ3v) is 5.57. The van der Waals surface area contributed by atoms with Crippen LogP contribution < -0.4 is 38.9 Å². The molecule has 0 aliphatic rings. The van der Waals surface area contributed by atoms with Crippen LogP contribution in [0.5, 0.6) is 0 Å². The first kappa shape index (κ1) is 32.4. The highest BCUT2D eigenvalue weighted by molar-refractivity contribution is 7.98. The van der Waals surface area contributed by atoms with E-state index in [1.807, 2.05) is 0 Å². The number of aliphatic carboxylic acids is 1. The molecular formula is C20H40N8O6S. The van der Waals surface area contributed by atoms with Crippen molar-refractivity contribution in [3.05, 3.63) is 0 Å². The molecule has 0 aliphatic carbocycles. The number of carboxylic acid groups (broad SMARTS) is 1. The van der Waals surface area contributed by atoms with Gasteiger partial charge in [0.2, 0.25) is 17.7 Å². The molecule has 0 aromatic carbocycles. The van der Waals surface area contributed by atoms with Crippen LogP contribution in [-0.4, -0.2) is 95.7 Å². The molecule has 202 valence electrons. The van der Waals surface area contributed by atoms with Gasteiger partial charge in [-0.25, -0.2) is 4.79 Å². The van der Waals surface area contributed by atoms with E-state index in [1.54, 1.807) is 6.26 Å². The Balaban J connectivity index is 5.28. The molecule has 13 N–H and O–H groups in total. The first-order valence-electron chi connectivity index (χ1n) is 11.3. The molecular weight excluding hydrogens is 480 g/mol. The first-order chi connectivity index (χ1) is 16.6. The minimum absolute atomic E-state index is 0.120. The maximum absolute atomic E-state index is 12.9. The van der Waals surface area contributed by atoms with Crippen molar-refractivity contribution in [3.63, 3.8) is 0 Å². The molecule has 0 fully saturated rings. The van der Waals surface area contributed by atoms with Gasteiger partial charge in [0.15, 0.2) is 5.96 Å². The van der Waals surface area contributed by atoms with Gasteiger partial charge in [-0.15, -0.1) is 0 Å². The van der Waals surface area contributed by atoms with Crippen molar-refractivity contribution in [2.75, 3.05) is 31.7 Å². The Morgan fingerprint density at radius 3 is 2.03 bits per heavy atom. The Bertz CT molecular complexity index is 707. The van der Waals surface area contributed by atoms with Gasteiger partial charge in [-0.1, -0.05) is 6.42 Å². The minimum Gasteiger partial charge on any atom is -0.480 e. The van der Waals surface area contributed by atoms with Crippen LogP contribution in [0.2, 0.25) is 0 Å². The highest BCUT2D eigenvalue weighted by Crippen LogP contribution is 2.05. The fourth-order valence-corrected chi connectivity index (χ4v) is 3.39. The first-order valence-corrected chi connectivity index (χ1v) is 12.7. The molecule has 0 aliphatic heterocycles. The smallest absolute Gasteiger partial charge is 0.326 e. The number of nitrogens with zero attached hydrogens (tertiary/aromatic N) is 1. The number of carbonyl (C=O) groups excluding carboxylic acids is 3. The molecule has 0 rings (SSSR count). The number of rotatable bonds is 19. The lowest BCUT2D eigenvalue weighted by Gasteiger charge is -2.24. The van der Waals surface area contributed by atoms with Crippen molar-refractivity contribution in [2.24, 2.45) is 27.9 Å². The zero-order valence-electron chi connectivity index (χ0n) is 20.1. The summed E-state index contributed by atoms with van der Waals surface area (Å²) in [6.07, 6.45) is 4.12. The maximum atomic E-state index is 12.9. The van der Waals surface area contributed by atoms with E-state index in [0.717, 1.165) is 0 Å². The molecule has 3 amide bonds. The molecule has 0 radical (unpaired) electrons. The van der Waals surface area contributed by atoms with E-state index in [9.17, 15) is 29.4 Å². The van der Waals surface area contributed by atoms with Crippen LogP contribution in [0.25, 0.3) is 0 Å². The fraction of sp³-hybridized carbons (Fsp3) is 0.750. The van der Waals surface area contributed by atoms with Gasteiger partial charge in [0.25, 0.3) is 0 Å². The van der Waals surface area contributed by atoms with E-state index in [4.69, 9.17) is 22.9 Å². The highest BCUT2D eigenvalue weighted by atomic mass is 32.2. The topological polar surface area (TPSA) is 261 Å². The van der Waals surface area contributed by atoms with Gasteiger partial charge in [0.1, 0.15) is 18.1 Å². The molecule has 0 aromatic rings. The summed E-state index contributed by atoms with van der Waals surface area (Å²) < 4.78 is 0. The van der Waals surface area contributed by atoms with Crippen LogP contribution in [0.3, 0.4) is 0 Å². The zero-order chi connectivity index (χ0) is 26.8. The van der Waals surface area contributed by atoms with E-state index < -0.39 is 54.5 Å². The van der Waals surface area contributed by atoms with Crippen LogP contribution in [0.4, 0.5) is 0 Å². The predicted molar refractivity (Wildman–Crippen MR) is 134 cm³/mol. The average Bonchev–Trinajstić information content (AvgIpc) is 2.81. The molecule has 0 aromatic heterocycles. The molecule has 0 saturated heterocycles. The molecule has 35 heavy (non-hydrogen) atoms. The van der Waals surface area contributed by atoms with Gasteiger partial charge in [-0.3, -0.25) is 19.4 Å². The molecule has 0 saturated carbocycles. The quantitative estimate of drug-likeness (QED) is 0.0464. The van der Waals surface area contributed by atoms with Crippen LogP contribution >= 0.6 is 11.8 Å². The lowest BCUT2D eigenvalue weighted by Crippen LogP contribution is -2.58. The standard InChI is InChI=1S/C20H40N8O6S/c1-35-10-7-14(19(33)34)27-18(32)15(11-29)28-17(31)13(6-4-9-25-20(23)24)26-16(30)12(22)5-2-3-8-21/h12-15,29H,2-11,21-22H2,1H3,(H,26,30)(H,27,32)(H,28,31)(H,33,34)(H4,23,24,25). The number of amides is 3.